The summed E-state index contributed by atoms with van der Waals surface area (Å²) in [6.07, 6.45) is 6.06. The summed E-state index contributed by atoms with van der Waals surface area (Å²) in [5.74, 6) is 0.894. The van der Waals surface area contributed by atoms with Crippen LogP contribution in [0.5, 0.6) is 0 Å². The maximum Gasteiger partial charge on any atom is 0.0281 e. The van der Waals surface area contributed by atoms with Crippen molar-refractivity contribution in [2.75, 3.05) is 13.6 Å². The summed E-state index contributed by atoms with van der Waals surface area (Å²) in [7, 11) is 2.20. The summed E-state index contributed by atoms with van der Waals surface area (Å²) in [5, 5.41) is 0. The van der Waals surface area contributed by atoms with Gasteiger partial charge in [0.25, 0.3) is 0 Å². The fourth-order valence-corrected chi connectivity index (χ4v) is 1.72. The Morgan fingerprint density at radius 2 is 2.38 bits per heavy atom. The first kappa shape index (κ1) is 4.57. The van der Waals surface area contributed by atoms with Gasteiger partial charge in [-0.25, -0.2) is 0 Å². The number of fused-ring (bicyclic) bond motifs is 2. The van der Waals surface area contributed by atoms with Crippen molar-refractivity contribution in [3.05, 3.63) is 12.2 Å². The van der Waals surface area contributed by atoms with Gasteiger partial charge >= 0.3 is 0 Å². The predicted octanol–water partition coefficient (Wildman–Crippen LogP) is 0.876. The zero-order chi connectivity index (χ0) is 5.56. The van der Waals surface area contributed by atoms with E-state index >= 15 is 0 Å². The fourth-order valence-electron chi connectivity index (χ4n) is 1.72. The largest absolute Gasteiger partial charge is 0.299 e. The molecule has 2 atom stereocenters. The van der Waals surface area contributed by atoms with Crippen LogP contribution in [0.2, 0.25) is 0 Å². The molecular weight excluding hydrogens is 98.1 g/mol. The molecule has 1 fully saturated rings. The molecule has 0 N–H and O–H groups in total. The van der Waals surface area contributed by atoms with Crippen molar-refractivity contribution >= 4 is 0 Å². The highest BCUT2D eigenvalue weighted by Crippen LogP contribution is 2.29. The van der Waals surface area contributed by atoms with Crippen LogP contribution in [0.4, 0.5) is 0 Å². The molecule has 0 saturated carbocycles. The average molecular weight is 109 g/mol. The third-order valence-corrected chi connectivity index (χ3v) is 2.24. The first-order valence-corrected chi connectivity index (χ1v) is 3.25. The second-order valence-corrected chi connectivity index (χ2v) is 2.89. The molecule has 0 unspecified atom stereocenters. The molecule has 2 aliphatic rings. The maximum atomic E-state index is 2.42. The molecule has 1 nitrogen and oxygen atoms in total. The van der Waals surface area contributed by atoms with E-state index in [-0.39, 0.29) is 0 Å². The number of likely N-dealkylation sites (tertiary alicyclic amines) is 1. The van der Waals surface area contributed by atoms with Crippen LogP contribution in [0.15, 0.2) is 12.2 Å². The summed E-state index contributed by atoms with van der Waals surface area (Å²) >= 11 is 0. The normalized spacial score (nSPS) is 44.1. The monoisotopic (exact) mass is 109 g/mol. The molecule has 0 amide bonds. The molecule has 1 aliphatic heterocycles. The minimum atomic E-state index is 0.792. The maximum absolute atomic E-state index is 2.42. The molecule has 1 heterocycles. The fraction of sp³-hybridized carbons (Fsp3) is 0.714. The molecule has 1 aliphatic carbocycles. The van der Waals surface area contributed by atoms with Crippen LogP contribution in [0.3, 0.4) is 0 Å². The molecule has 0 aromatic rings. The minimum Gasteiger partial charge on any atom is -0.299 e. The van der Waals surface area contributed by atoms with Gasteiger partial charge in [0.05, 0.1) is 0 Å². The lowest BCUT2D eigenvalue weighted by atomic mass is 10.2. The van der Waals surface area contributed by atoms with E-state index in [0.29, 0.717) is 0 Å². The van der Waals surface area contributed by atoms with Crippen LogP contribution in [-0.4, -0.2) is 24.5 Å². The Bertz CT molecular complexity index is 128. The highest BCUT2D eigenvalue weighted by Gasteiger charge is 2.30. The topological polar surface area (TPSA) is 3.24 Å². The van der Waals surface area contributed by atoms with E-state index < -0.39 is 0 Å². The number of rotatable bonds is 0. The van der Waals surface area contributed by atoms with Gasteiger partial charge in [0, 0.05) is 12.6 Å². The molecule has 2 rings (SSSR count). The van der Waals surface area contributed by atoms with E-state index in [1.165, 1.54) is 13.0 Å². The third kappa shape index (κ3) is 0.451. The van der Waals surface area contributed by atoms with Crippen molar-refractivity contribution < 1.29 is 0 Å². The van der Waals surface area contributed by atoms with Crippen LogP contribution in [0, 0.1) is 5.92 Å². The van der Waals surface area contributed by atoms with Crippen molar-refractivity contribution in [1.82, 2.24) is 4.90 Å². The van der Waals surface area contributed by atoms with Crippen molar-refractivity contribution in [3.63, 3.8) is 0 Å². The summed E-state index contributed by atoms with van der Waals surface area (Å²) in [4.78, 5) is 2.42. The van der Waals surface area contributed by atoms with Crippen molar-refractivity contribution in [1.29, 1.82) is 0 Å². The van der Waals surface area contributed by atoms with Crippen molar-refractivity contribution in [2.24, 2.45) is 5.92 Å². The molecule has 8 heavy (non-hydrogen) atoms. The SMILES string of the molecule is CN1C[C@@H]2C=C[C@H]1C2. The van der Waals surface area contributed by atoms with Gasteiger partial charge < -0.3 is 0 Å². The summed E-state index contributed by atoms with van der Waals surface area (Å²) in [5.41, 5.74) is 0. The van der Waals surface area contributed by atoms with Gasteiger partial charge in [-0.15, -0.1) is 0 Å². The Balaban J connectivity index is 2.23. The Kier molecular flexibility index (Phi) is 0.770. The highest BCUT2D eigenvalue weighted by molar-refractivity contribution is 5.11. The van der Waals surface area contributed by atoms with Gasteiger partial charge in [0.15, 0.2) is 0 Å². The van der Waals surface area contributed by atoms with Gasteiger partial charge in [0.1, 0.15) is 0 Å². The first-order chi connectivity index (χ1) is 3.86. The molecule has 0 radical (unpaired) electrons. The lowest BCUT2D eigenvalue weighted by Gasteiger charge is -2.16. The molecule has 2 bridgehead atoms. The van der Waals surface area contributed by atoms with E-state index in [9.17, 15) is 0 Å². The van der Waals surface area contributed by atoms with Crippen LogP contribution in [0.25, 0.3) is 0 Å². The van der Waals surface area contributed by atoms with Crippen LogP contribution < -0.4 is 0 Å². The van der Waals surface area contributed by atoms with E-state index in [4.69, 9.17) is 0 Å². The van der Waals surface area contributed by atoms with Gasteiger partial charge in [-0.3, -0.25) is 4.90 Å². The van der Waals surface area contributed by atoms with Gasteiger partial charge in [0.2, 0.25) is 0 Å². The summed E-state index contributed by atoms with van der Waals surface area (Å²) < 4.78 is 0. The molecular formula is C7H11N. The summed E-state index contributed by atoms with van der Waals surface area (Å²) in [6.45, 7) is 1.29. The second-order valence-electron chi connectivity index (χ2n) is 2.89. The lowest BCUT2D eigenvalue weighted by Crippen LogP contribution is -2.24. The Hall–Kier alpha value is -0.300. The third-order valence-electron chi connectivity index (χ3n) is 2.24. The minimum absolute atomic E-state index is 0.792. The zero-order valence-electron chi connectivity index (χ0n) is 5.17. The lowest BCUT2D eigenvalue weighted by molar-refractivity contribution is 0.345. The zero-order valence-corrected chi connectivity index (χ0v) is 5.17. The highest BCUT2D eigenvalue weighted by atomic mass is 15.2. The second kappa shape index (κ2) is 1.35. The van der Waals surface area contributed by atoms with E-state index in [1.54, 1.807) is 0 Å². The van der Waals surface area contributed by atoms with Gasteiger partial charge in [-0.2, -0.15) is 0 Å². The van der Waals surface area contributed by atoms with E-state index in [1.807, 2.05) is 0 Å². The Labute approximate surface area is 50.0 Å². The summed E-state index contributed by atoms with van der Waals surface area (Å²) in [6, 6.07) is 0.792. The van der Waals surface area contributed by atoms with Crippen molar-refractivity contribution in [3.8, 4) is 0 Å². The molecule has 1 heteroatoms. The average Bonchev–Trinajstić information content (AvgIpc) is 2.23. The molecule has 0 spiro atoms. The Morgan fingerprint density at radius 3 is 2.62 bits per heavy atom. The number of hydrogen-bond acceptors (Lipinski definition) is 1. The first-order valence-electron chi connectivity index (χ1n) is 3.25. The van der Waals surface area contributed by atoms with E-state index in [2.05, 4.69) is 24.1 Å². The number of nitrogens with zero attached hydrogens (tertiary/aromatic N) is 1. The number of likely N-dealkylation sites (N-methyl/N-ethyl adjacent to an activating group) is 1. The molecule has 0 aromatic carbocycles. The number of hydrogen-bond donors (Lipinski definition) is 0. The quantitative estimate of drug-likeness (QED) is 0.417. The standard InChI is InChI=1S/C7H11N/c1-8-5-6-2-3-7(8)4-6/h2-3,6-7H,4-5H2,1H3/t6-,7+/m1/s1. The van der Waals surface area contributed by atoms with Crippen molar-refractivity contribution in [2.45, 2.75) is 12.5 Å². The van der Waals surface area contributed by atoms with E-state index in [0.717, 1.165) is 12.0 Å². The predicted molar refractivity (Wildman–Crippen MR) is 33.7 cm³/mol. The van der Waals surface area contributed by atoms with Crippen LogP contribution in [0.1, 0.15) is 6.42 Å². The van der Waals surface area contributed by atoms with Gasteiger partial charge in [-0.1, -0.05) is 12.2 Å². The molecule has 0 aromatic heterocycles. The molecule has 44 valence electrons. The molecule has 1 saturated heterocycles. The van der Waals surface area contributed by atoms with Crippen LogP contribution >= 0.6 is 0 Å². The smallest absolute Gasteiger partial charge is 0.0281 e. The van der Waals surface area contributed by atoms with Crippen LogP contribution in [-0.2, 0) is 0 Å². The Morgan fingerprint density at radius 1 is 1.50 bits per heavy atom. The van der Waals surface area contributed by atoms with Gasteiger partial charge in [-0.05, 0) is 19.4 Å².